The first-order chi connectivity index (χ1) is 7.31. The number of hydrogen-bond acceptors (Lipinski definition) is 4. The van der Waals surface area contributed by atoms with E-state index in [1.165, 1.54) is 0 Å². The number of hydrogen-bond donors (Lipinski definition) is 2. The molecular formula is C11H22N2O2. The molecule has 88 valence electrons. The van der Waals surface area contributed by atoms with Crippen LogP contribution in [0.4, 0.5) is 0 Å². The van der Waals surface area contributed by atoms with Gasteiger partial charge in [0.1, 0.15) is 0 Å². The summed E-state index contributed by atoms with van der Waals surface area (Å²) in [5.41, 5.74) is 0. The summed E-state index contributed by atoms with van der Waals surface area (Å²) < 4.78 is 5.85. The number of ether oxygens (including phenoxy) is 1. The standard InChI is InChI=1S/C11H22N2O2/c1-9-2-3-11(15-9)10(8-14)13-6-4-12-5-7-13/h9-12,14H,2-8H2,1H3. The van der Waals surface area contributed by atoms with Crippen LogP contribution in [0.2, 0.25) is 0 Å². The molecule has 2 heterocycles. The molecule has 3 atom stereocenters. The van der Waals surface area contributed by atoms with Crippen LogP contribution in [0.5, 0.6) is 0 Å². The Balaban J connectivity index is 1.90. The first kappa shape index (κ1) is 11.3. The average Bonchev–Trinajstić information content (AvgIpc) is 2.68. The molecule has 0 aromatic carbocycles. The Labute approximate surface area is 91.6 Å². The average molecular weight is 214 g/mol. The second-order valence-corrected chi connectivity index (χ2v) is 4.60. The first-order valence-electron chi connectivity index (χ1n) is 6.02. The molecule has 0 radical (unpaired) electrons. The molecule has 0 amide bonds. The molecule has 0 aromatic rings. The number of nitrogens with one attached hydrogen (secondary N) is 1. The van der Waals surface area contributed by atoms with E-state index in [4.69, 9.17) is 4.74 Å². The summed E-state index contributed by atoms with van der Waals surface area (Å²) in [6, 6.07) is 0.206. The lowest BCUT2D eigenvalue weighted by molar-refractivity contribution is -0.0292. The first-order valence-corrected chi connectivity index (χ1v) is 6.02. The molecule has 4 heteroatoms. The molecule has 3 unspecified atom stereocenters. The van der Waals surface area contributed by atoms with Crippen molar-refractivity contribution in [2.45, 2.75) is 38.0 Å². The second kappa shape index (κ2) is 5.25. The predicted octanol–water partition coefficient (Wildman–Crippen LogP) is -0.180. The smallest absolute Gasteiger partial charge is 0.0757 e. The molecule has 0 bridgehead atoms. The Hall–Kier alpha value is -0.160. The fourth-order valence-corrected chi connectivity index (χ4v) is 2.60. The predicted molar refractivity (Wildman–Crippen MR) is 58.9 cm³/mol. The Morgan fingerprint density at radius 2 is 2.13 bits per heavy atom. The minimum atomic E-state index is 0.206. The topological polar surface area (TPSA) is 44.7 Å². The van der Waals surface area contributed by atoms with Crippen LogP contribution < -0.4 is 5.32 Å². The van der Waals surface area contributed by atoms with E-state index in [-0.39, 0.29) is 18.8 Å². The third-order valence-electron chi connectivity index (χ3n) is 3.50. The van der Waals surface area contributed by atoms with Gasteiger partial charge in [-0.1, -0.05) is 0 Å². The summed E-state index contributed by atoms with van der Waals surface area (Å²) in [5, 5.41) is 12.8. The molecule has 2 N–H and O–H groups in total. The molecule has 0 saturated carbocycles. The van der Waals surface area contributed by atoms with Crippen molar-refractivity contribution in [1.82, 2.24) is 10.2 Å². The SMILES string of the molecule is CC1CCC(C(CO)N2CCNCC2)O1. The maximum atomic E-state index is 9.48. The zero-order valence-corrected chi connectivity index (χ0v) is 9.48. The Morgan fingerprint density at radius 1 is 1.40 bits per heavy atom. The van der Waals surface area contributed by atoms with Gasteiger partial charge in [0.25, 0.3) is 0 Å². The summed E-state index contributed by atoms with van der Waals surface area (Å²) in [5.74, 6) is 0. The maximum absolute atomic E-state index is 9.48. The molecular weight excluding hydrogens is 192 g/mol. The monoisotopic (exact) mass is 214 g/mol. The van der Waals surface area contributed by atoms with Crippen molar-refractivity contribution in [3.05, 3.63) is 0 Å². The van der Waals surface area contributed by atoms with Gasteiger partial charge in [0.15, 0.2) is 0 Å². The van der Waals surface area contributed by atoms with Gasteiger partial charge >= 0.3 is 0 Å². The lowest BCUT2D eigenvalue weighted by atomic mass is 10.1. The Kier molecular flexibility index (Phi) is 3.97. The summed E-state index contributed by atoms with van der Waals surface area (Å²) in [4.78, 5) is 2.36. The molecule has 2 aliphatic heterocycles. The van der Waals surface area contributed by atoms with E-state index in [0.717, 1.165) is 39.0 Å². The Morgan fingerprint density at radius 3 is 2.67 bits per heavy atom. The van der Waals surface area contributed by atoms with Crippen LogP contribution in [-0.4, -0.2) is 61.0 Å². The highest BCUT2D eigenvalue weighted by atomic mass is 16.5. The number of aliphatic hydroxyl groups excluding tert-OH is 1. The zero-order chi connectivity index (χ0) is 10.7. The minimum absolute atomic E-state index is 0.206. The van der Waals surface area contributed by atoms with Crippen molar-refractivity contribution in [1.29, 1.82) is 0 Å². The van der Waals surface area contributed by atoms with Gasteiger partial charge in [0, 0.05) is 26.2 Å². The third-order valence-corrected chi connectivity index (χ3v) is 3.50. The number of piperazine rings is 1. The number of aliphatic hydroxyl groups is 1. The van der Waals surface area contributed by atoms with E-state index in [9.17, 15) is 5.11 Å². The highest BCUT2D eigenvalue weighted by Crippen LogP contribution is 2.24. The molecule has 2 saturated heterocycles. The summed E-state index contributed by atoms with van der Waals surface area (Å²) in [6.45, 7) is 6.44. The molecule has 15 heavy (non-hydrogen) atoms. The maximum Gasteiger partial charge on any atom is 0.0757 e. The van der Waals surface area contributed by atoms with Gasteiger partial charge in [0.05, 0.1) is 24.9 Å². The fraction of sp³-hybridized carbons (Fsp3) is 1.00. The Bertz CT molecular complexity index is 190. The van der Waals surface area contributed by atoms with Crippen LogP contribution >= 0.6 is 0 Å². The van der Waals surface area contributed by atoms with Gasteiger partial charge < -0.3 is 15.2 Å². The van der Waals surface area contributed by atoms with E-state index in [2.05, 4.69) is 17.1 Å². The fourth-order valence-electron chi connectivity index (χ4n) is 2.60. The van der Waals surface area contributed by atoms with Crippen molar-refractivity contribution in [3.8, 4) is 0 Å². The van der Waals surface area contributed by atoms with Crippen LogP contribution in [0, 0.1) is 0 Å². The van der Waals surface area contributed by atoms with Crippen LogP contribution in [-0.2, 0) is 4.74 Å². The number of rotatable bonds is 3. The van der Waals surface area contributed by atoms with E-state index in [1.54, 1.807) is 0 Å². The lowest BCUT2D eigenvalue weighted by Gasteiger charge is -2.36. The van der Waals surface area contributed by atoms with Crippen molar-refractivity contribution >= 4 is 0 Å². The van der Waals surface area contributed by atoms with E-state index in [1.807, 2.05) is 0 Å². The second-order valence-electron chi connectivity index (χ2n) is 4.60. The molecule has 0 spiro atoms. The summed E-state index contributed by atoms with van der Waals surface area (Å²) >= 11 is 0. The van der Waals surface area contributed by atoms with E-state index < -0.39 is 0 Å². The zero-order valence-electron chi connectivity index (χ0n) is 9.48. The largest absolute Gasteiger partial charge is 0.395 e. The lowest BCUT2D eigenvalue weighted by Crippen LogP contribution is -2.53. The third kappa shape index (κ3) is 2.69. The van der Waals surface area contributed by atoms with Gasteiger partial charge in [-0.3, -0.25) is 4.90 Å². The summed E-state index contributed by atoms with van der Waals surface area (Å²) in [6.07, 6.45) is 2.83. The minimum Gasteiger partial charge on any atom is -0.395 e. The molecule has 0 aliphatic carbocycles. The van der Waals surface area contributed by atoms with Crippen molar-refractivity contribution in [2.24, 2.45) is 0 Å². The molecule has 2 fully saturated rings. The highest BCUT2D eigenvalue weighted by molar-refractivity contribution is 4.86. The van der Waals surface area contributed by atoms with E-state index in [0.29, 0.717) is 6.10 Å². The quantitative estimate of drug-likeness (QED) is 0.684. The summed E-state index contributed by atoms with van der Waals surface area (Å²) in [7, 11) is 0. The van der Waals surface area contributed by atoms with Crippen LogP contribution in [0.15, 0.2) is 0 Å². The molecule has 2 rings (SSSR count). The van der Waals surface area contributed by atoms with Crippen LogP contribution in [0.3, 0.4) is 0 Å². The molecule has 0 aromatic heterocycles. The van der Waals surface area contributed by atoms with Crippen LogP contribution in [0.25, 0.3) is 0 Å². The van der Waals surface area contributed by atoms with Gasteiger partial charge in [-0.2, -0.15) is 0 Å². The van der Waals surface area contributed by atoms with Gasteiger partial charge in [-0.05, 0) is 19.8 Å². The molecule has 2 aliphatic rings. The van der Waals surface area contributed by atoms with Gasteiger partial charge in [-0.25, -0.2) is 0 Å². The van der Waals surface area contributed by atoms with E-state index >= 15 is 0 Å². The van der Waals surface area contributed by atoms with Gasteiger partial charge in [-0.15, -0.1) is 0 Å². The number of nitrogens with zero attached hydrogens (tertiary/aromatic N) is 1. The highest BCUT2D eigenvalue weighted by Gasteiger charge is 2.33. The van der Waals surface area contributed by atoms with Crippen molar-refractivity contribution in [3.63, 3.8) is 0 Å². The van der Waals surface area contributed by atoms with Gasteiger partial charge in [0.2, 0.25) is 0 Å². The van der Waals surface area contributed by atoms with Crippen LogP contribution in [0.1, 0.15) is 19.8 Å². The van der Waals surface area contributed by atoms with Crippen molar-refractivity contribution < 1.29 is 9.84 Å². The molecule has 4 nitrogen and oxygen atoms in total. The normalized spacial score (nSPS) is 35.6. The van der Waals surface area contributed by atoms with Crippen molar-refractivity contribution in [2.75, 3.05) is 32.8 Å².